The highest BCUT2D eigenvalue weighted by atomic mass is 32.1. The lowest BCUT2D eigenvalue weighted by molar-refractivity contribution is 0.669. The Balaban J connectivity index is 1.13. The molecule has 0 atom stereocenters. The number of hydrogen-bond acceptors (Lipinski definition) is 2. The van der Waals surface area contributed by atoms with Gasteiger partial charge in [-0.3, -0.25) is 0 Å². The lowest BCUT2D eigenvalue weighted by Gasteiger charge is -2.19. The zero-order chi connectivity index (χ0) is 35.3. The SMILES string of the molecule is c1ccc2c(-c3c4ccccc4c(-c4ccc(-c5c6sc7ccc8ccccc8c7c6cc6oc7ccccc7c56)cc4)c4ccccc34)cccc2c1. The molecule has 1 nitrogen and oxygen atoms in total. The fourth-order valence-corrected chi connectivity index (χ4v) is 10.4. The van der Waals surface area contributed by atoms with E-state index in [4.69, 9.17) is 4.42 Å². The Labute approximate surface area is 314 Å². The predicted octanol–water partition coefficient (Wildman–Crippen LogP) is 15.6. The molecule has 0 unspecified atom stereocenters. The number of thiophene rings is 1. The van der Waals surface area contributed by atoms with Crippen LogP contribution in [-0.4, -0.2) is 0 Å². The van der Waals surface area contributed by atoms with Crippen LogP contribution >= 0.6 is 11.3 Å². The molecule has 0 aliphatic carbocycles. The van der Waals surface area contributed by atoms with Crippen LogP contribution in [0.3, 0.4) is 0 Å². The number of furan rings is 1. The highest BCUT2D eigenvalue weighted by Gasteiger charge is 2.22. The molecule has 12 rings (SSSR count). The zero-order valence-corrected chi connectivity index (χ0v) is 30.0. The summed E-state index contributed by atoms with van der Waals surface area (Å²) in [5.74, 6) is 0. The first kappa shape index (κ1) is 29.8. The summed E-state index contributed by atoms with van der Waals surface area (Å²) in [6.07, 6.45) is 0. The van der Waals surface area contributed by atoms with Crippen molar-refractivity contribution in [3.8, 4) is 33.4 Å². The molecule has 2 aromatic heterocycles. The third-order valence-electron chi connectivity index (χ3n) is 11.4. The van der Waals surface area contributed by atoms with Crippen molar-refractivity contribution in [1.82, 2.24) is 0 Å². The fraction of sp³-hybridized carbons (Fsp3) is 0. The van der Waals surface area contributed by atoms with E-state index in [-0.39, 0.29) is 0 Å². The van der Waals surface area contributed by atoms with E-state index in [1.807, 2.05) is 11.3 Å². The first-order valence-electron chi connectivity index (χ1n) is 18.5. The van der Waals surface area contributed by atoms with Crippen molar-refractivity contribution < 1.29 is 4.42 Å². The summed E-state index contributed by atoms with van der Waals surface area (Å²) < 4.78 is 9.21. The summed E-state index contributed by atoms with van der Waals surface area (Å²) in [5, 5.41) is 15.0. The van der Waals surface area contributed by atoms with Gasteiger partial charge in [-0.05, 0) is 89.1 Å². The molecular formula is C52H30OS. The number of rotatable bonds is 3. The van der Waals surface area contributed by atoms with Gasteiger partial charge in [-0.1, -0.05) is 164 Å². The molecule has 54 heavy (non-hydrogen) atoms. The summed E-state index contributed by atoms with van der Waals surface area (Å²) in [7, 11) is 0. The molecule has 0 aliphatic rings. The Morgan fingerprint density at radius 3 is 1.57 bits per heavy atom. The Morgan fingerprint density at radius 1 is 0.333 bits per heavy atom. The molecule has 0 amide bonds. The van der Waals surface area contributed by atoms with Crippen LogP contribution in [0.15, 0.2) is 186 Å². The average molecular weight is 703 g/mol. The number of hydrogen-bond donors (Lipinski definition) is 0. The van der Waals surface area contributed by atoms with Crippen LogP contribution in [-0.2, 0) is 0 Å². The third kappa shape index (κ3) is 4.20. The maximum absolute atomic E-state index is 6.62. The minimum Gasteiger partial charge on any atom is -0.456 e. The summed E-state index contributed by atoms with van der Waals surface area (Å²) in [6, 6.07) is 66.6. The van der Waals surface area contributed by atoms with Crippen LogP contribution < -0.4 is 0 Å². The Hall–Kier alpha value is -6.74. The van der Waals surface area contributed by atoms with Crippen molar-refractivity contribution >= 4 is 96.5 Å². The molecule has 2 heteroatoms. The monoisotopic (exact) mass is 702 g/mol. The van der Waals surface area contributed by atoms with E-state index in [1.54, 1.807) is 0 Å². The van der Waals surface area contributed by atoms with E-state index in [1.165, 1.54) is 102 Å². The molecule has 0 aliphatic heterocycles. The minimum absolute atomic E-state index is 0.918. The molecule has 0 N–H and O–H groups in total. The molecule has 10 aromatic carbocycles. The zero-order valence-electron chi connectivity index (χ0n) is 29.1. The van der Waals surface area contributed by atoms with Crippen molar-refractivity contribution in [3.63, 3.8) is 0 Å². The summed E-state index contributed by atoms with van der Waals surface area (Å²) in [5.41, 5.74) is 9.31. The number of benzene rings is 10. The van der Waals surface area contributed by atoms with Gasteiger partial charge >= 0.3 is 0 Å². The lowest BCUT2D eigenvalue weighted by atomic mass is 9.84. The maximum atomic E-state index is 6.62. The number of para-hydroxylation sites is 1. The van der Waals surface area contributed by atoms with Crippen molar-refractivity contribution in [1.29, 1.82) is 0 Å². The van der Waals surface area contributed by atoms with Crippen LogP contribution in [0.4, 0.5) is 0 Å². The molecule has 0 fully saturated rings. The van der Waals surface area contributed by atoms with E-state index in [9.17, 15) is 0 Å². The summed E-state index contributed by atoms with van der Waals surface area (Å²) in [4.78, 5) is 0. The normalized spacial score (nSPS) is 12.1. The number of fused-ring (bicyclic) bond motifs is 11. The topological polar surface area (TPSA) is 13.1 Å². The molecule has 0 saturated heterocycles. The van der Waals surface area contributed by atoms with Gasteiger partial charge in [-0.2, -0.15) is 0 Å². The van der Waals surface area contributed by atoms with Crippen LogP contribution in [0, 0.1) is 0 Å². The van der Waals surface area contributed by atoms with Crippen molar-refractivity contribution in [2.24, 2.45) is 0 Å². The van der Waals surface area contributed by atoms with Crippen molar-refractivity contribution in [3.05, 3.63) is 182 Å². The van der Waals surface area contributed by atoms with Gasteiger partial charge in [0.05, 0.1) is 0 Å². The Bertz CT molecular complexity index is 3430. The van der Waals surface area contributed by atoms with Gasteiger partial charge in [0.1, 0.15) is 11.2 Å². The Morgan fingerprint density at radius 2 is 0.870 bits per heavy atom. The van der Waals surface area contributed by atoms with Crippen LogP contribution in [0.25, 0.3) is 119 Å². The second-order valence-electron chi connectivity index (χ2n) is 14.3. The van der Waals surface area contributed by atoms with Gasteiger partial charge in [0.25, 0.3) is 0 Å². The third-order valence-corrected chi connectivity index (χ3v) is 12.6. The smallest absolute Gasteiger partial charge is 0.136 e. The molecule has 0 spiro atoms. The van der Waals surface area contributed by atoms with Crippen LogP contribution in [0.1, 0.15) is 0 Å². The molecule has 0 saturated carbocycles. The van der Waals surface area contributed by atoms with Gasteiger partial charge < -0.3 is 4.42 Å². The fourth-order valence-electron chi connectivity index (χ4n) is 9.14. The summed E-state index contributed by atoms with van der Waals surface area (Å²) >= 11 is 1.89. The first-order chi connectivity index (χ1) is 26.8. The second kappa shape index (κ2) is 11.4. The Kier molecular flexibility index (Phi) is 6.28. The molecular weight excluding hydrogens is 673 g/mol. The molecule has 12 aromatic rings. The standard InChI is InChI=1S/C52H30OS/c1-3-15-35-31(12-1)14-11-22-37(35)49-40-19-7-5-17-38(40)47(39-18-6-8-20-41(39)49)33-24-26-34(27-25-33)48-51-42-21-9-10-23-44(42)53-45(51)30-43-50-36-16-4-2-13-32(36)28-29-46(50)54-52(43)48/h1-30H. The average Bonchev–Trinajstić information content (AvgIpc) is 3.80. The van der Waals surface area contributed by atoms with Crippen molar-refractivity contribution in [2.75, 3.05) is 0 Å². The minimum atomic E-state index is 0.918. The van der Waals surface area contributed by atoms with Gasteiger partial charge in [0.2, 0.25) is 0 Å². The highest BCUT2D eigenvalue weighted by molar-refractivity contribution is 7.26. The van der Waals surface area contributed by atoms with E-state index in [0.29, 0.717) is 0 Å². The largest absolute Gasteiger partial charge is 0.456 e. The highest BCUT2D eigenvalue weighted by Crippen LogP contribution is 2.50. The lowest BCUT2D eigenvalue weighted by Crippen LogP contribution is -1.91. The van der Waals surface area contributed by atoms with Gasteiger partial charge in [-0.15, -0.1) is 11.3 Å². The first-order valence-corrected chi connectivity index (χ1v) is 19.3. The maximum Gasteiger partial charge on any atom is 0.136 e. The van der Waals surface area contributed by atoms with E-state index in [0.717, 1.165) is 16.6 Å². The quantitative estimate of drug-likeness (QED) is 0.167. The van der Waals surface area contributed by atoms with Crippen LogP contribution in [0.2, 0.25) is 0 Å². The summed E-state index contributed by atoms with van der Waals surface area (Å²) in [6.45, 7) is 0. The van der Waals surface area contributed by atoms with Crippen LogP contribution in [0.5, 0.6) is 0 Å². The molecule has 250 valence electrons. The molecule has 0 radical (unpaired) electrons. The van der Waals surface area contributed by atoms with Gasteiger partial charge in [0, 0.05) is 36.5 Å². The second-order valence-corrected chi connectivity index (χ2v) is 15.4. The molecule has 2 heterocycles. The van der Waals surface area contributed by atoms with Gasteiger partial charge in [-0.25, -0.2) is 0 Å². The molecule has 0 bridgehead atoms. The van der Waals surface area contributed by atoms with E-state index < -0.39 is 0 Å². The van der Waals surface area contributed by atoms with Crippen molar-refractivity contribution in [2.45, 2.75) is 0 Å². The van der Waals surface area contributed by atoms with Gasteiger partial charge in [0.15, 0.2) is 0 Å². The predicted molar refractivity (Wildman–Crippen MR) is 233 cm³/mol. The van der Waals surface area contributed by atoms with E-state index in [2.05, 4.69) is 182 Å². The van der Waals surface area contributed by atoms with E-state index >= 15 is 0 Å².